The zero-order valence-electron chi connectivity index (χ0n) is 27.1. The van der Waals surface area contributed by atoms with Gasteiger partial charge in [0.2, 0.25) is 0 Å². The van der Waals surface area contributed by atoms with E-state index in [2.05, 4.69) is 38.3 Å². The number of aliphatic hydroxyl groups is 1. The molecule has 3 rings (SSSR count). The van der Waals surface area contributed by atoms with Crippen molar-refractivity contribution in [3.8, 4) is 5.75 Å². The standard InChI is InChI=1S/C37H51N3O4/c1-6-19-40(20-7-2)37(43)32-22-28(5)21-31(24-32)36(42)39-34(35(41)25-38-18-17-27(3)4)23-29-13-15-33(16-14-29)44-26-30-11-9-8-10-12-30/h8-16,21-22,24,27,34-35,38,41H,6-7,17-20,23,25-26H2,1-5H3,(H,39,42)/t34-,35+/m0/s1. The number of aryl methyl sites for hydroxylation is 1. The number of ether oxygens (including phenoxy) is 1. The monoisotopic (exact) mass is 601 g/mol. The van der Waals surface area contributed by atoms with Crippen LogP contribution in [0, 0.1) is 12.8 Å². The van der Waals surface area contributed by atoms with E-state index in [0.717, 1.165) is 48.2 Å². The molecule has 0 aromatic heterocycles. The first-order valence-electron chi connectivity index (χ1n) is 16.1. The predicted molar refractivity (Wildman–Crippen MR) is 178 cm³/mol. The van der Waals surface area contributed by atoms with E-state index < -0.39 is 12.1 Å². The number of nitrogens with one attached hydrogen (secondary N) is 2. The molecule has 2 amide bonds. The van der Waals surface area contributed by atoms with E-state index in [4.69, 9.17) is 4.74 Å². The van der Waals surface area contributed by atoms with Gasteiger partial charge in [-0.25, -0.2) is 0 Å². The number of benzene rings is 3. The van der Waals surface area contributed by atoms with Gasteiger partial charge in [0.25, 0.3) is 11.8 Å². The number of amides is 2. The van der Waals surface area contributed by atoms with Gasteiger partial charge in [-0.3, -0.25) is 9.59 Å². The molecule has 238 valence electrons. The van der Waals surface area contributed by atoms with E-state index in [9.17, 15) is 14.7 Å². The van der Waals surface area contributed by atoms with E-state index in [1.54, 1.807) is 12.1 Å². The van der Waals surface area contributed by atoms with Crippen LogP contribution >= 0.6 is 0 Å². The molecule has 0 fully saturated rings. The maximum Gasteiger partial charge on any atom is 0.253 e. The first-order valence-corrected chi connectivity index (χ1v) is 16.1. The van der Waals surface area contributed by atoms with Crippen LogP contribution in [-0.2, 0) is 13.0 Å². The highest BCUT2D eigenvalue weighted by Gasteiger charge is 2.24. The Kier molecular flexibility index (Phi) is 14.4. The summed E-state index contributed by atoms with van der Waals surface area (Å²) in [7, 11) is 0. The third-order valence-electron chi connectivity index (χ3n) is 7.52. The molecule has 0 saturated carbocycles. The number of hydrogen-bond donors (Lipinski definition) is 3. The second-order valence-electron chi connectivity index (χ2n) is 12.0. The molecule has 0 aliphatic rings. The predicted octanol–water partition coefficient (Wildman–Crippen LogP) is 6.17. The van der Waals surface area contributed by atoms with Gasteiger partial charge in [0, 0.05) is 30.8 Å². The van der Waals surface area contributed by atoms with Gasteiger partial charge in [0.15, 0.2) is 0 Å². The second-order valence-corrected chi connectivity index (χ2v) is 12.0. The Morgan fingerprint density at radius 3 is 2.18 bits per heavy atom. The average Bonchev–Trinajstić information content (AvgIpc) is 3.02. The van der Waals surface area contributed by atoms with Crippen molar-refractivity contribution in [1.82, 2.24) is 15.5 Å². The highest BCUT2D eigenvalue weighted by atomic mass is 16.5. The number of rotatable bonds is 18. The molecule has 0 unspecified atom stereocenters. The van der Waals surface area contributed by atoms with Crippen molar-refractivity contribution >= 4 is 11.8 Å². The Morgan fingerprint density at radius 2 is 1.55 bits per heavy atom. The minimum absolute atomic E-state index is 0.0630. The maximum absolute atomic E-state index is 13.6. The van der Waals surface area contributed by atoms with Gasteiger partial charge in [-0.05, 0) is 92.1 Å². The van der Waals surface area contributed by atoms with Crippen molar-refractivity contribution in [3.63, 3.8) is 0 Å². The van der Waals surface area contributed by atoms with Crippen molar-refractivity contribution in [3.05, 3.63) is 101 Å². The van der Waals surface area contributed by atoms with Crippen LogP contribution in [0.2, 0.25) is 0 Å². The van der Waals surface area contributed by atoms with Crippen molar-refractivity contribution in [2.24, 2.45) is 5.92 Å². The van der Waals surface area contributed by atoms with Crippen LogP contribution in [0.25, 0.3) is 0 Å². The van der Waals surface area contributed by atoms with Crippen LogP contribution < -0.4 is 15.4 Å². The number of carbonyl (C=O) groups excluding carboxylic acids is 2. The number of aliphatic hydroxyl groups excluding tert-OH is 1. The van der Waals surface area contributed by atoms with Gasteiger partial charge in [-0.2, -0.15) is 0 Å². The molecular formula is C37H51N3O4. The number of carbonyl (C=O) groups is 2. The van der Waals surface area contributed by atoms with Crippen LogP contribution in [-0.4, -0.2) is 60.1 Å². The molecule has 0 spiro atoms. The van der Waals surface area contributed by atoms with Gasteiger partial charge >= 0.3 is 0 Å². The molecule has 3 aromatic rings. The first-order chi connectivity index (χ1) is 21.2. The Hall–Kier alpha value is -3.68. The molecule has 0 aliphatic carbocycles. The zero-order chi connectivity index (χ0) is 31.9. The normalized spacial score (nSPS) is 12.5. The fourth-order valence-corrected chi connectivity index (χ4v) is 5.11. The fraction of sp³-hybridized carbons (Fsp3) is 0.459. The fourth-order valence-electron chi connectivity index (χ4n) is 5.11. The van der Waals surface area contributed by atoms with Crippen LogP contribution in [0.15, 0.2) is 72.8 Å². The summed E-state index contributed by atoms with van der Waals surface area (Å²) < 4.78 is 5.94. The van der Waals surface area contributed by atoms with Crippen LogP contribution in [0.1, 0.15) is 84.4 Å². The van der Waals surface area contributed by atoms with E-state index >= 15 is 0 Å². The minimum Gasteiger partial charge on any atom is -0.489 e. The third-order valence-corrected chi connectivity index (χ3v) is 7.52. The lowest BCUT2D eigenvalue weighted by Gasteiger charge is -2.26. The van der Waals surface area contributed by atoms with Crippen molar-refractivity contribution in [2.45, 2.75) is 79.1 Å². The Balaban J connectivity index is 1.75. The molecule has 44 heavy (non-hydrogen) atoms. The van der Waals surface area contributed by atoms with E-state index in [1.165, 1.54) is 0 Å². The topological polar surface area (TPSA) is 90.9 Å². The molecule has 3 aromatic carbocycles. The molecule has 0 bridgehead atoms. The summed E-state index contributed by atoms with van der Waals surface area (Å²) in [5.74, 6) is 0.939. The molecule has 0 aliphatic heterocycles. The Morgan fingerprint density at radius 1 is 0.886 bits per heavy atom. The van der Waals surface area contributed by atoms with Crippen molar-refractivity contribution < 1.29 is 19.4 Å². The quantitative estimate of drug-likeness (QED) is 0.152. The van der Waals surface area contributed by atoms with E-state index in [1.807, 2.05) is 72.5 Å². The van der Waals surface area contributed by atoms with Gasteiger partial charge in [0.05, 0.1) is 12.1 Å². The van der Waals surface area contributed by atoms with Crippen LogP contribution in [0.5, 0.6) is 5.75 Å². The van der Waals surface area contributed by atoms with Gasteiger partial charge < -0.3 is 25.4 Å². The van der Waals surface area contributed by atoms with Gasteiger partial charge in [-0.15, -0.1) is 0 Å². The number of hydrogen-bond acceptors (Lipinski definition) is 5. The smallest absolute Gasteiger partial charge is 0.253 e. The first kappa shape index (κ1) is 34.8. The van der Waals surface area contributed by atoms with Gasteiger partial charge in [0.1, 0.15) is 12.4 Å². The van der Waals surface area contributed by atoms with Crippen LogP contribution in [0.3, 0.4) is 0 Å². The summed E-state index contributed by atoms with van der Waals surface area (Å²) in [5.41, 5.74) is 3.83. The summed E-state index contributed by atoms with van der Waals surface area (Å²) >= 11 is 0. The summed E-state index contributed by atoms with van der Waals surface area (Å²) in [6.45, 7) is 13.3. The maximum atomic E-state index is 13.6. The molecular weight excluding hydrogens is 550 g/mol. The third kappa shape index (κ3) is 11.4. The highest BCUT2D eigenvalue weighted by Crippen LogP contribution is 2.18. The SMILES string of the molecule is CCCN(CCC)C(=O)c1cc(C)cc(C(=O)N[C@@H](Cc2ccc(OCc3ccccc3)cc2)[C@H](O)CNCCC(C)C)c1. The van der Waals surface area contributed by atoms with Crippen molar-refractivity contribution in [2.75, 3.05) is 26.2 Å². The second kappa shape index (κ2) is 18.2. The lowest BCUT2D eigenvalue weighted by Crippen LogP contribution is -2.49. The van der Waals surface area contributed by atoms with E-state index in [-0.39, 0.29) is 11.8 Å². The number of nitrogens with zero attached hydrogens (tertiary/aromatic N) is 1. The molecule has 2 atom stereocenters. The summed E-state index contributed by atoms with van der Waals surface area (Å²) in [4.78, 5) is 28.8. The molecule has 3 N–H and O–H groups in total. The molecule has 0 heterocycles. The zero-order valence-corrected chi connectivity index (χ0v) is 27.1. The lowest BCUT2D eigenvalue weighted by molar-refractivity contribution is 0.0755. The molecule has 7 heteroatoms. The Bertz CT molecular complexity index is 1290. The highest BCUT2D eigenvalue weighted by molar-refractivity contribution is 6.00. The summed E-state index contributed by atoms with van der Waals surface area (Å²) in [6.07, 6.45) is 2.37. The van der Waals surface area contributed by atoms with Crippen LogP contribution in [0.4, 0.5) is 0 Å². The summed E-state index contributed by atoms with van der Waals surface area (Å²) in [5, 5.41) is 17.6. The largest absolute Gasteiger partial charge is 0.489 e. The molecule has 0 saturated heterocycles. The lowest BCUT2D eigenvalue weighted by atomic mass is 9.99. The van der Waals surface area contributed by atoms with E-state index in [0.29, 0.717) is 49.7 Å². The molecule has 0 radical (unpaired) electrons. The molecule has 7 nitrogen and oxygen atoms in total. The minimum atomic E-state index is -0.810. The average molecular weight is 602 g/mol. The van der Waals surface area contributed by atoms with Crippen molar-refractivity contribution in [1.29, 1.82) is 0 Å². The Labute approximate surface area is 264 Å². The van der Waals surface area contributed by atoms with Gasteiger partial charge in [-0.1, -0.05) is 70.2 Å². The summed E-state index contributed by atoms with van der Waals surface area (Å²) in [6, 6.07) is 22.5.